The van der Waals surface area contributed by atoms with Crippen LogP contribution in [0, 0.1) is 0 Å². The predicted molar refractivity (Wildman–Crippen MR) is 138 cm³/mol. The second-order valence-corrected chi connectivity index (χ2v) is 8.40. The van der Waals surface area contributed by atoms with Crippen molar-refractivity contribution >= 4 is 53.2 Å². The number of carboxylic acid groups (broad SMARTS) is 1. The van der Waals surface area contributed by atoms with E-state index in [4.69, 9.17) is 22.3 Å². The lowest BCUT2D eigenvalue weighted by Crippen LogP contribution is -2.57. The molecule has 2 rings (SSSR count). The molecule has 0 fully saturated rings. The van der Waals surface area contributed by atoms with E-state index in [0.29, 0.717) is 6.42 Å². The standard InChI is InChI=1S/C22H32N8O5S/c23-14(11-36)19(33)30-17(8-12-9-27-15-5-2-1-4-13(12)15)21(35)29-16(6-3-7-26-22(24)25)20(34)28-10-18(31)32/h1-2,4-5,9,14,16-17,27,36H,3,6-8,10-11,23H2,(H,28,34)(H,29,35)(H,30,33)(H,31,32)(H4,24,25,26). The number of rotatable bonds is 14. The lowest BCUT2D eigenvalue weighted by Gasteiger charge is -2.24. The Labute approximate surface area is 213 Å². The fourth-order valence-electron chi connectivity index (χ4n) is 3.42. The van der Waals surface area contributed by atoms with Gasteiger partial charge in [0.25, 0.3) is 0 Å². The zero-order chi connectivity index (χ0) is 26.7. The Balaban J connectivity index is 2.23. The molecule has 36 heavy (non-hydrogen) atoms. The van der Waals surface area contributed by atoms with Crippen LogP contribution < -0.4 is 33.2 Å². The fraction of sp³-hybridized carbons (Fsp3) is 0.409. The molecule has 0 aliphatic carbocycles. The van der Waals surface area contributed by atoms with Gasteiger partial charge >= 0.3 is 5.97 Å². The molecule has 0 spiro atoms. The van der Waals surface area contributed by atoms with E-state index in [1.54, 1.807) is 6.20 Å². The smallest absolute Gasteiger partial charge is 0.322 e. The highest BCUT2D eigenvalue weighted by atomic mass is 32.1. The zero-order valence-corrected chi connectivity index (χ0v) is 20.5. The van der Waals surface area contributed by atoms with E-state index >= 15 is 0 Å². The number of aliphatic imine (C=N–C) groups is 1. The van der Waals surface area contributed by atoms with Crippen LogP contribution in [0.3, 0.4) is 0 Å². The van der Waals surface area contributed by atoms with Crippen LogP contribution in [0.4, 0.5) is 0 Å². The third-order valence-corrected chi connectivity index (χ3v) is 5.65. The van der Waals surface area contributed by atoms with Gasteiger partial charge in [-0.25, -0.2) is 0 Å². The molecule has 0 aliphatic rings. The van der Waals surface area contributed by atoms with E-state index in [1.807, 2.05) is 24.3 Å². The van der Waals surface area contributed by atoms with Crippen LogP contribution in [0.15, 0.2) is 35.5 Å². The van der Waals surface area contributed by atoms with Crippen LogP contribution in [-0.2, 0) is 25.6 Å². The summed E-state index contributed by atoms with van der Waals surface area (Å²) in [5, 5.41) is 17.2. The number of hydrogen-bond donors (Lipinski definition) is 9. The number of aromatic nitrogens is 1. The SMILES string of the molecule is NC(N)=NCCCC(NC(=O)C(Cc1c[nH]c2ccccc12)NC(=O)C(N)CS)C(=O)NCC(=O)O. The summed E-state index contributed by atoms with van der Waals surface area (Å²) in [6.07, 6.45) is 2.30. The molecule has 3 amide bonds. The number of carbonyl (C=O) groups is 4. The number of fused-ring (bicyclic) bond motifs is 1. The van der Waals surface area contributed by atoms with Crippen molar-refractivity contribution in [2.45, 2.75) is 37.4 Å². The van der Waals surface area contributed by atoms with Gasteiger partial charge in [0.15, 0.2) is 5.96 Å². The summed E-state index contributed by atoms with van der Waals surface area (Å²) in [7, 11) is 0. The number of nitrogens with zero attached hydrogens (tertiary/aromatic N) is 1. The molecule has 0 bridgehead atoms. The van der Waals surface area contributed by atoms with Gasteiger partial charge < -0.3 is 43.2 Å². The molecule has 11 N–H and O–H groups in total. The highest BCUT2D eigenvalue weighted by Gasteiger charge is 2.28. The van der Waals surface area contributed by atoms with E-state index < -0.39 is 48.4 Å². The number of para-hydroxylation sites is 1. The Bertz CT molecular complexity index is 1100. The van der Waals surface area contributed by atoms with Gasteiger partial charge in [-0.1, -0.05) is 18.2 Å². The Kier molecular flexibility index (Phi) is 11.0. The number of aliphatic carboxylic acids is 1. The molecular formula is C22H32N8O5S. The van der Waals surface area contributed by atoms with Crippen molar-refractivity contribution in [1.29, 1.82) is 0 Å². The van der Waals surface area contributed by atoms with Crippen molar-refractivity contribution in [3.8, 4) is 0 Å². The van der Waals surface area contributed by atoms with Crippen LogP contribution in [-0.4, -0.2) is 76.7 Å². The zero-order valence-electron chi connectivity index (χ0n) is 19.6. The van der Waals surface area contributed by atoms with E-state index in [1.165, 1.54) is 0 Å². The van der Waals surface area contributed by atoms with Gasteiger partial charge in [0.2, 0.25) is 17.7 Å². The van der Waals surface area contributed by atoms with Crippen LogP contribution in [0.25, 0.3) is 10.9 Å². The number of H-pyrrole nitrogens is 1. The first-order chi connectivity index (χ1) is 17.1. The van der Waals surface area contributed by atoms with E-state index in [9.17, 15) is 19.2 Å². The summed E-state index contributed by atoms with van der Waals surface area (Å²) >= 11 is 4.03. The average molecular weight is 521 g/mol. The molecule has 0 aliphatic heterocycles. The molecular weight excluding hydrogens is 488 g/mol. The summed E-state index contributed by atoms with van der Waals surface area (Å²) in [5.74, 6) is -3.20. The third kappa shape index (κ3) is 8.78. The molecule has 14 heteroatoms. The topological polar surface area (TPSA) is 231 Å². The van der Waals surface area contributed by atoms with Crippen LogP contribution in [0.2, 0.25) is 0 Å². The van der Waals surface area contributed by atoms with Gasteiger partial charge in [-0.15, -0.1) is 0 Å². The van der Waals surface area contributed by atoms with Gasteiger partial charge in [0.1, 0.15) is 18.6 Å². The highest BCUT2D eigenvalue weighted by molar-refractivity contribution is 7.80. The first-order valence-electron chi connectivity index (χ1n) is 11.2. The fourth-order valence-corrected chi connectivity index (χ4v) is 3.59. The first kappa shape index (κ1) is 28.5. The lowest BCUT2D eigenvalue weighted by molar-refractivity contribution is -0.138. The monoisotopic (exact) mass is 520 g/mol. The number of thiol groups is 1. The normalized spacial score (nSPS) is 13.3. The van der Waals surface area contributed by atoms with Gasteiger partial charge in [-0.3, -0.25) is 24.2 Å². The van der Waals surface area contributed by atoms with Crippen molar-refractivity contribution in [1.82, 2.24) is 20.9 Å². The predicted octanol–water partition coefficient (Wildman–Crippen LogP) is -1.81. The Morgan fingerprint density at radius 1 is 1.06 bits per heavy atom. The minimum Gasteiger partial charge on any atom is -0.480 e. The number of carbonyl (C=O) groups excluding carboxylic acids is 3. The van der Waals surface area contributed by atoms with Gasteiger partial charge in [-0.05, 0) is 24.5 Å². The van der Waals surface area contributed by atoms with Gasteiger partial charge in [0.05, 0.1) is 6.04 Å². The minimum absolute atomic E-state index is 0.0677. The summed E-state index contributed by atoms with van der Waals surface area (Å²) < 4.78 is 0. The van der Waals surface area contributed by atoms with Gasteiger partial charge in [-0.2, -0.15) is 12.6 Å². The van der Waals surface area contributed by atoms with E-state index in [-0.39, 0.29) is 31.1 Å². The van der Waals surface area contributed by atoms with Crippen molar-refractivity contribution < 1.29 is 24.3 Å². The molecule has 3 atom stereocenters. The molecule has 0 saturated carbocycles. The van der Waals surface area contributed by atoms with Gasteiger partial charge in [0, 0.05) is 35.8 Å². The average Bonchev–Trinajstić information content (AvgIpc) is 3.25. The molecule has 196 valence electrons. The second-order valence-electron chi connectivity index (χ2n) is 8.04. The largest absolute Gasteiger partial charge is 0.480 e. The summed E-state index contributed by atoms with van der Waals surface area (Å²) in [5.41, 5.74) is 18.0. The molecule has 0 radical (unpaired) electrons. The van der Waals surface area contributed by atoms with E-state index in [0.717, 1.165) is 16.5 Å². The number of guanidine groups is 1. The maximum atomic E-state index is 13.3. The maximum absolute atomic E-state index is 13.3. The van der Waals surface area contributed by atoms with Crippen molar-refractivity contribution in [2.75, 3.05) is 18.8 Å². The number of hydrogen-bond acceptors (Lipinski definition) is 7. The number of aromatic amines is 1. The van der Waals surface area contributed by atoms with E-state index in [2.05, 4.69) is 38.6 Å². The third-order valence-electron chi connectivity index (χ3n) is 5.26. The van der Waals surface area contributed by atoms with Crippen molar-refractivity contribution in [2.24, 2.45) is 22.2 Å². The van der Waals surface area contributed by atoms with Crippen molar-refractivity contribution in [3.05, 3.63) is 36.0 Å². The van der Waals surface area contributed by atoms with Crippen molar-refractivity contribution in [3.63, 3.8) is 0 Å². The van der Waals surface area contributed by atoms with Crippen LogP contribution in [0.5, 0.6) is 0 Å². The highest BCUT2D eigenvalue weighted by Crippen LogP contribution is 2.19. The lowest BCUT2D eigenvalue weighted by atomic mass is 10.0. The molecule has 1 heterocycles. The molecule has 0 saturated heterocycles. The Morgan fingerprint density at radius 2 is 1.75 bits per heavy atom. The number of benzene rings is 1. The number of carboxylic acids is 1. The summed E-state index contributed by atoms with van der Waals surface area (Å²) in [6, 6.07) is 4.36. The number of nitrogens with two attached hydrogens (primary N) is 3. The second kappa shape index (κ2) is 13.9. The quantitative estimate of drug-likeness (QED) is 0.0595. The molecule has 13 nitrogen and oxygen atoms in total. The minimum atomic E-state index is -1.24. The molecule has 3 unspecified atom stereocenters. The van der Waals surface area contributed by atoms with Crippen LogP contribution >= 0.6 is 12.6 Å². The molecule has 2 aromatic rings. The Morgan fingerprint density at radius 3 is 2.42 bits per heavy atom. The molecule has 1 aromatic carbocycles. The molecule has 1 aromatic heterocycles. The summed E-state index contributed by atoms with van der Waals surface area (Å²) in [4.78, 5) is 56.2. The number of nitrogens with one attached hydrogen (secondary N) is 4. The maximum Gasteiger partial charge on any atom is 0.322 e. The summed E-state index contributed by atoms with van der Waals surface area (Å²) in [6.45, 7) is -0.418. The van der Waals surface area contributed by atoms with Crippen LogP contribution in [0.1, 0.15) is 18.4 Å². The Hall–Kier alpha value is -3.78. The first-order valence-corrected chi connectivity index (χ1v) is 11.8. The number of amides is 3.